The quantitative estimate of drug-likeness (QED) is 0.851. The molecule has 0 spiro atoms. The molecule has 0 unspecified atom stereocenters. The number of hydrogen-bond acceptors (Lipinski definition) is 3. The van der Waals surface area contributed by atoms with Crippen molar-refractivity contribution in [2.75, 3.05) is 12.3 Å². The zero-order valence-electron chi connectivity index (χ0n) is 12.4. The summed E-state index contributed by atoms with van der Waals surface area (Å²) in [6.45, 7) is 7.76. The molecule has 2 aromatic rings. The Kier molecular flexibility index (Phi) is 4.56. The van der Waals surface area contributed by atoms with Gasteiger partial charge in [0.05, 0.1) is 17.5 Å². The molecule has 2 N–H and O–H groups in total. The third-order valence-electron chi connectivity index (χ3n) is 3.40. The third kappa shape index (κ3) is 2.74. The van der Waals surface area contributed by atoms with Crippen molar-refractivity contribution in [3.63, 3.8) is 0 Å². The van der Waals surface area contributed by atoms with Gasteiger partial charge in [-0.15, -0.1) is 0 Å². The zero-order chi connectivity index (χ0) is 14.5. The van der Waals surface area contributed by atoms with Crippen LogP contribution in [0, 0.1) is 6.92 Å². The lowest BCUT2D eigenvalue weighted by molar-refractivity contribution is 0.757. The summed E-state index contributed by atoms with van der Waals surface area (Å²) in [5, 5.41) is 0. The van der Waals surface area contributed by atoms with Crippen molar-refractivity contribution in [3.05, 3.63) is 35.7 Å². The van der Waals surface area contributed by atoms with Crippen LogP contribution in [0.1, 0.15) is 25.8 Å². The molecular formula is C16H22N4. The summed E-state index contributed by atoms with van der Waals surface area (Å²) in [6, 6.07) is 4.14. The van der Waals surface area contributed by atoms with Gasteiger partial charge in [0.1, 0.15) is 5.52 Å². The number of benzene rings is 1. The van der Waals surface area contributed by atoms with Crippen LogP contribution in [0.15, 0.2) is 35.1 Å². The highest BCUT2D eigenvalue weighted by molar-refractivity contribution is 5.89. The van der Waals surface area contributed by atoms with Crippen LogP contribution in [0.3, 0.4) is 0 Å². The molecule has 0 aliphatic carbocycles. The van der Waals surface area contributed by atoms with Gasteiger partial charge in [0.15, 0.2) is 0 Å². The third-order valence-corrected chi connectivity index (χ3v) is 3.40. The van der Waals surface area contributed by atoms with Crippen molar-refractivity contribution in [2.45, 2.75) is 33.7 Å². The number of nitrogens with two attached hydrogens (primary N) is 1. The van der Waals surface area contributed by atoms with Crippen LogP contribution in [-0.4, -0.2) is 22.3 Å². The highest BCUT2D eigenvalue weighted by Gasteiger charge is 2.09. The number of imidazole rings is 1. The van der Waals surface area contributed by atoms with Crippen LogP contribution in [0.4, 0.5) is 5.69 Å². The number of rotatable bonds is 2. The van der Waals surface area contributed by atoms with E-state index in [-0.39, 0.29) is 0 Å². The van der Waals surface area contributed by atoms with E-state index in [0.29, 0.717) is 0 Å². The molecule has 0 saturated carbocycles. The van der Waals surface area contributed by atoms with Gasteiger partial charge in [0.2, 0.25) is 0 Å². The molecule has 0 fully saturated rings. The van der Waals surface area contributed by atoms with Gasteiger partial charge in [-0.1, -0.05) is 19.9 Å². The molecule has 0 radical (unpaired) electrons. The summed E-state index contributed by atoms with van der Waals surface area (Å²) < 4.78 is 2.15. The monoisotopic (exact) mass is 270 g/mol. The Morgan fingerprint density at radius 1 is 1.30 bits per heavy atom. The number of hydrogen-bond donors (Lipinski definition) is 1. The van der Waals surface area contributed by atoms with Crippen molar-refractivity contribution >= 4 is 22.9 Å². The molecule has 4 heteroatoms. The van der Waals surface area contributed by atoms with Gasteiger partial charge in [-0.05, 0) is 36.6 Å². The number of aryl methyl sites for hydroxylation is 1. The summed E-state index contributed by atoms with van der Waals surface area (Å²) in [4.78, 5) is 8.62. The second kappa shape index (κ2) is 6.37. The summed E-state index contributed by atoms with van der Waals surface area (Å²) in [5.74, 6) is 0. The minimum atomic E-state index is 0.783. The zero-order valence-corrected chi connectivity index (χ0v) is 12.4. The van der Waals surface area contributed by atoms with Crippen molar-refractivity contribution in [1.82, 2.24) is 9.55 Å². The first-order valence-corrected chi connectivity index (χ1v) is 7.13. The van der Waals surface area contributed by atoms with E-state index in [4.69, 9.17) is 5.73 Å². The first-order valence-electron chi connectivity index (χ1n) is 7.13. The molecule has 2 heterocycles. The lowest BCUT2D eigenvalue weighted by atomic mass is 10.1. The molecule has 4 nitrogen and oxygen atoms in total. The standard InChI is InChI=1S/C14H16N4.C2H6/c1-10-2-3-12-14(13(10)15)17-9-18(12)8-11-4-6-16-7-5-11;1-2/h2-4,6,9H,5,7-8,15H2,1H3;1-2H3. The first-order chi connectivity index (χ1) is 9.75. The Morgan fingerprint density at radius 3 is 2.80 bits per heavy atom. The second-order valence-electron chi connectivity index (χ2n) is 4.67. The molecule has 20 heavy (non-hydrogen) atoms. The maximum absolute atomic E-state index is 6.05. The fraction of sp³-hybridized carbons (Fsp3) is 0.375. The van der Waals surface area contributed by atoms with Crippen LogP contribution < -0.4 is 5.73 Å². The van der Waals surface area contributed by atoms with Crippen molar-refractivity contribution < 1.29 is 0 Å². The topological polar surface area (TPSA) is 56.2 Å². The van der Waals surface area contributed by atoms with Crippen LogP contribution in [-0.2, 0) is 6.54 Å². The Bertz CT molecular complexity index is 650. The molecule has 0 bridgehead atoms. The van der Waals surface area contributed by atoms with E-state index in [1.54, 1.807) is 0 Å². The minimum absolute atomic E-state index is 0.783. The number of nitrogen functional groups attached to an aromatic ring is 1. The van der Waals surface area contributed by atoms with E-state index >= 15 is 0 Å². The Morgan fingerprint density at radius 2 is 2.10 bits per heavy atom. The number of aliphatic imine (C=N–C) groups is 1. The van der Waals surface area contributed by atoms with Gasteiger partial charge in [-0.3, -0.25) is 4.99 Å². The molecule has 3 rings (SSSR count). The van der Waals surface area contributed by atoms with Crippen LogP contribution in [0.25, 0.3) is 11.0 Å². The van der Waals surface area contributed by atoms with E-state index in [1.807, 2.05) is 39.4 Å². The Labute approximate surface area is 120 Å². The normalized spacial score (nSPS) is 13.8. The molecule has 0 atom stereocenters. The van der Waals surface area contributed by atoms with Crippen molar-refractivity contribution in [1.29, 1.82) is 0 Å². The lowest BCUT2D eigenvalue weighted by Gasteiger charge is -2.10. The summed E-state index contributed by atoms with van der Waals surface area (Å²) in [6.07, 6.45) is 6.87. The highest BCUT2D eigenvalue weighted by Crippen LogP contribution is 2.24. The van der Waals surface area contributed by atoms with Gasteiger partial charge < -0.3 is 10.3 Å². The van der Waals surface area contributed by atoms with Crippen LogP contribution >= 0.6 is 0 Å². The number of fused-ring (bicyclic) bond motifs is 1. The molecule has 0 amide bonds. The number of allylic oxidation sites excluding steroid dienone is 1. The van der Waals surface area contributed by atoms with Gasteiger partial charge in [-0.2, -0.15) is 0 Å². The maximum atomic E-state index is 6.05. The predicted molar refractivity (Wildman–Crippen MR) is 86.3 cm³/mol. The number of aromatic nitrogens is 2. The fourth-order valence-electron chi connectivity index (χ4n) is 2.26. The van der Waals surface area contributed by atoms with E-state index in [0.717, 1.165) is 41.8 Å². The molecule has 0 saturated heterocycles. The summed E-state index contributed by atoms with van der Waals surface area (Å²) >= 11 is 0. The van der Waals surface area contributed by atoms with Crippen LogP contribution in [0.5, 0.6) is 0 Å². The molecule has 1 aliphatic heterocycles. The van der Waals surface area contributed by atoms with E-state index in [2.05, 4.69) is 26.7 Å². The summed E-state index contributed by atoms with van der Waals surface area (Å²) in [5.41, 5.74) is 11.3. The number of dihydropyridines is 1. The molecule has 106 valence electrons. The van der Waals surface area contributed by atoms with Gasteiger partial charge >= 0.3 is 0 Å². The fourth-order valence-corrected chi connectivity index (χ4v) is 2.26. The predicted octanol–water partition coefficient (Wildman–Crippen LogP) is 3.35. The Balaban J connectivity index is 0.000000704. The molecule has 1 aromatic heterocycles. The van der Waals surface area contributed by atoms with Crippen molar-refractivity contribution in [2.24, 2.45) is 4.99 Å². The smallest absolute Gasteiger partial charge is 0.112 e. The van der Waals surface area contributed by atoms with E-state index in [1.165, 1.54) is 5.57 Å². The minimum Gasteiger partial charge on any atom is -0.397 e. The van der Waals surface area contributed by atoms with Crippen molar-refractivity contribution in [3.8, 4) is 0 Å². The van der Waals surface area contributed by atoms with E-state index in [9.17, 15) is 0 Å². The largest absolute Gasteiger partial charge is 0.397 e. The average Bonchev–Trinajstić information content (AvgIpc) is 2.90. The van der Waals surface area contributed by atoms with Gasteiger partial charge in [0, 0.05) is 19.3 Å². The number of anilines is 1. The molecule has 1 aliphatic rings. The first kappa shape index (κ1) is 14.3. The summed E-state index contributed by atoms with van der Waals surface area (Å²) in [7, 11) is 0. The maximum Gasteiger partial charge on any atom is 0.112 e. The van der Waals surface area contributed by atoms with Gasteiger partial charge in [0.25, 0.3) is 0 Å². The van der Waals surface area contributed by atoms with E-state index < -0.39 is 0 Å². The van der Waals surface area contributed by atoms with Crippen LogP contribution in [0.2, 0.25) is 0 Å². The average molecular weight is 270 g/mol. The second-order valence-corrected chi connectivity index (χ2v) is 4.67. The molecule has 1 aromatic carbocycles. The number of nitrogens with zero attached hydrogens (tertiary/aromatic N) is 3. The lowest BCUT2D eigenvalue weighted by Crippen LogP contribution is -2.04. The molecular weight excluding hydrogens is 248 g/mol. The highest BCUT2D eigenvalue weighted by atomic mass is 15.0. The SMILES string of the molecule is CC.Cc1ccc2c(ncn2CC2=CC=NCC2)c1N. The Hall–Kier alpha value is -2.10. The van der Waals surface area contributed by atoms with Gasteiger partial charge in [-0.25, -0.2) is 4.98 Å².